The number of benzene rings is 2. The van der Waals surface area contributed by atoms with Gasteiger partial charge in [0.05, 0.1) is 0 Å². The maximum Gasteiger partial charge on any atom is 0.263 e. The molecule has 2 rings (SSSR count). The number of rotatable bonds is 2. The van der Waals surface area contributed by atoms with Crippen molar-refractivity contribution < 1.29 is 8.78 Å². The molecule has 0 bridgehead atoms. The van der Waals surface area contributed by atoms with E-state index in [9.17, 15) is 8.78 Å². The lowest BCUT2D eigenvalue weighted by Crippen LogP contribution is -1.92. The first kappa shape index (κ1) is 12.6. The molecular formula is C15H15F2N. The Bertz CT molecular complexity index is 577. The standard InChI is InChI=1S/C15H15F2N/c1-9-3-4-11(5-10(9)2)12-6-13(15(16)17)8-14(18)7-12/h3-8,15H,18H2,1-2H3. The van der Waals surface area contributed by atoms with Gasteiger partial charge in [0.15, 0.2) is 0 Å². The molecule has 94 valence electrons. The van der Waals surface area contributed by atoms with Crippen LogP contribution >= 0.6 is 0 Å². The lowest BCUT2D eigenvalue weighted by molar-refractivity contribution is 0.151. The van der Waals surface area contributed by atoms with Crippen LogP contribution in [0.15, 0.2) is 36.4 Å². The summed E-state index contributed by atoms with van der Waals surface area (Å²) >= 11 is 0. The van der Waals surface area contributed by atoms with Crippen molar-refractivity contribution in [3.8, 4) is 11.1 Å². The lowest BCUT2D eigenvalue weighted by atomic mass is 9.98. The van der Waals surface area contributed by atoms with E-state index in [-0.39, 0.29) is 5.56 Å². The first-order chi connectivity index (χ1) is 8.47. The molecule has 1 nitrogen and oxygen atoms in total. The Kier molecular flexibility index (Phi) is 3.32. The highest BCUT2D eigenvalue weighted by Crippen LogP contribution is 2.29. The average Bonchev–Trinajstić information content (AvgIpc) is 2.31. The fraction of sp³-hybridized carbons (Fsp3) is 0.200. The fourth-order valence-electron chi connectivity index (χ4n) is 1.89. The summed E-state index contributed by atoms with van der Waals surface area (Å²) in [5, 5.41) is 0. The molecule has 0 heterocycles. The van der Waals surface area contributed by atoms with E-state index in [1.807, 2.05) is 32.0 Å². The third kappa shape index (κ3) is 2.50. The number of aryl methyl sites for hydroxylation is 2. The van der Waals surface area contributed by atoms with Crippen LogP contribution in [0.3, 0.4) is 0 Å². The molecule has 0 fully saturated rings. The predicted octanol–water partition coefficient (Wildman–Crippen LogP) is 4.49. The molecule has 3 heteroatoms. The van der Waals surface area contributed by atoms with Gasteiger partial charge in [0.2, 0.25) is 0 Å². The van der Waals surface area contributed by atoms with E-state index in [1.54, 1.807) is 6.07 Å². The van der Waals surface area contributed by atoms with E-state index >= 15 is 0 Å². The zero-order valence-corrected chi connectivity index (χ0v) is 10.4. The third-order valence-corrected chi connectivity index (χ3v) is 3.07. The van der Waals surface area contributed by atoms with Crippen molar-refractivity contribution in [3.63, 3.8) is 0 Å². The Morgan fingerprint density at radius 2 is 1.61 bits per heavy atom. The van der Waals surface area contributed by atoms with Crippen LogP contribution in [0.2, 0.25) is 0 Å². The quantitative estimate of drug-likeness (QED) is 0.777. The predicted molar refractivity (Wildman–Crippen MR) is 70.7 cm³/mol. The summed E-state index contributed by atoms with van der Waals surface area (Å²) in [4.78, 5) is 0. The molecule has 2 aromatic carbocycles. The van der Waals surface area contributed by atoms with Crippen molar-refractivity contribution in [2.75, 3.05) is 5.73 Å². The highest BCUT2D eigenvalue weighted by molar-refractivity contribution is 5.69. The Morgan fingerprint density at radius 3 is 2.22 bits per heavy atom. The van der Waals surface area contributed by atoms with Crippen molar-refractivity contribution in [1.29, 1.82) is 0 Å². The van der Waals surface area contributed by atoms with Crippen LogP contribution < -0.4 is 5.73 Å². The maximum atomic E-state index is 12.7. The normalized spacial score (nSPS) is 10.9. The highest BCUT2D eigenvalue weighted by Gasteiger charge is 2.10. The molecule has 0 saturated heterocycles. The van der Waals surface area contributed by atoms with E-state index in [4.69, 9.17) is 5.73 Å². The summed E-state index contributed by atoms with van der Waals surface area (Å²) in [6.45, 7) is 4.02. The second kappa shape index (κ2) is 4.77. The van der Waals surface area contributed by atoms with Gasteiger partial charge in [-0.2, -0.15) is 0 Å². The molecule has 0 aliphatic rings. The van der Waals surface area contributed by atoms with Gasteiger partial charge in [-0.25, -0.2) is 8.78 Å². The fourth-order valence-corrected chi connectivity index (χ4v) is 1.89. The third-order valence-electron chi connectivity index (χ3n) is 3.07. The van der Waals surface area contributed by atoms with Crippen LogP contribution in [-0.2, 0) is 0 Å². The Morgan fingerprint density at radius 1 is 0.889 bits per heavy atom. The summed E-state index contributed by atoms with van der Waals surface area (Å²) in [6, 6.07) is 10.4. The van der Waals surface area contributed by atoms with Gasteiger partial charge in [0.25, 0.3) is 6.43 Å². The Hall–Kier alpha value is -1.90. The number of nitrogen functional groups attached to an aromatic ring is 1. The Labute approximate surface area is 105 Å². The zero-order chi connectivity index (χ0) is 13.3. The van der Waals surface area contributed by atoms with Gasteiger partial charge in [-0.15, -0.1) is 0 Å². The number of hydrogen-bond donors (Lipinski definition) is 1. The summed E-state index contributed by atoms with van der Waals surface area (Å²) in [6.07, 6.45) is -2.50. The molecule has 0 unspecified atom stereocenters. The largest absolute Gasteiger partial charge is 0.399 e. The summed E-state index contributed by atoms with van der Waals surface area (Å²) < 4.78 is 25.5. The number of nitrogens with two attached hydrogens (primary N) is 1. The summed E-state index contributed by atoms with van der Waals surface area (Å²) in [5.74, 6) is 0. The van der Waals surface area contributed by atoms with E-state index < -0.39 is 6.43 Å². The molecule has 0 atom stereocenters. The van der Waals surface area contributed by atoms with Gasteiger partial charge in [0, 0.05) is 11.3 Å². The van der Waals surface area contributed by atoms with Crippen molar-refractivity contribution in [1.82, 2.24) is 0 Å². The first-order valence-electron chi connectivity index (χ1n) is 5.73. The molecular weight excluding hydrogens is 232 g/mol. The van der Waals surface area contributed by atoms with Gasteiger partial charge < -0.3 is 5.73 Å². The minimum absolute atomic E-state index is 0.0387. The molecule has 0 amide bonds. The van der Waals surface area contributed by atoms with E-state index in [2.05, 4.69) is 0 Å². The Balaban J connectivity index is 2.53. The minimum atomic E-state index is -2.50. The van der Waals surface area contributed by atoms with Crippen molar-refractivity contribution >= 4 is 5.69 Å². The number of halogens is 2. The molecule has 0 radical (unpaired) electrons. The molecule has 0 aromatic heterocycles. The highest BCUT2D eigenvalue weighted by atomic mass is 19.3. The molecule has 2 aromatic rings. The zero-order valence-electron chi connectivity index (χ0n) is 10.4. The van der Waals surface area contributed by atoms with Crippen molar-refractivity contribution in [2.45, 2.75) is 20.3 Å². The molecule has 18 heavy (non-hydrogen) atoms. The minimum Gasteiger partial charge on any atom is -0.399 e. The van der Waals surface area contributed by atoms with Crippen LogP contribution in [0.1, 0.15) is 23.1 Å². The monoisotopic (exact) mass is 247 g/mol. The average molecular weight is 247 g/mol. The van der Waals surface area contributed by atoms with E-state index in [0.29, 0.717) is 5.69 Å². The summed E-state index contributed by atoms with van der Waals surface area (Å²) in [7, 11) is 0. The van der Waals surface area contributed by atoms with E-state index in [0.717, 1.165) is 16.7 Å². The van der Waals surface area contributed by atoms with Crippen LogP contribution in [0.4, 0.5) is 14.5 Å². The SMILES string of the molecule is Cc1ccc(-c2cc(N)cc(C(F)F)c2)cc1C. The maximum absolute atomic E-state index is 12.7. The van der Waals surface area contributed by atoms with Gasteiger partial charge in [-0.05, 0) is 54.3 Å². The van der Waals surface area contributed by atoms with E-state index in [1.165, 1.54) is 17.7 Å². The molecule has 0 aliphatic carbocycles. The van der Waals surface area contributed by atoms with Gasteiger partial charge >= 0.3 is 0 Å². The molecule has 2 N–H and O–H groups in total. The van der Waals surface area contributed by atoms with Crippen LogP contribution in [0, 0.1) is 13.8 Å². The van der Waals surface area contributed by atoms with Crippen molar-refractivity contribution in [2.24, 2.45) is 0 Å². The lowest BCUT2D eigenvalue weighted by Gasteiger charge is -2.09. The molecule has 0 saturated carbocycles. The second-order valence-corrected chi connectivity index (χ2v) is 4.49. The van der Waals surface area contributed by atoms with Gasteiger partial charge in [-0.1, -0.05) is 18.2 Å². The topological polar surface area (TPSA) is 26.0 Å². The molecule has 0 spiro atoms. The molecule has 0 aliphatic heterocycles. The summed E-state index contributed by atoms with van der Waals surface area (Å²) in [5.41, 5.74) is 9.94. The number of hydrogen-bond acceptors (Lipinski definition) is 1. The first-order valence-corrected chi connectivity index (χ1v) is 5.73. The van der Waals surface area contributed by atoms with Crippen molar-refractivity contribution in [3.05, 3.63) is 53.1 Å². The number of alkyl halides is 2. The smallest absolute Gasteiger partial charge is 0.263 e. The van der Waals surface area contributed by atoms with Crippen LogP contribution in [0.25, 0.3) is 11.1 Å². The second-order valence-electron chi connectivity index (χ2n) is 4.49. The van der Waals surface area contributed by atoms with Gasteiger partial charge in [0.1, 0.15) is 0 Å². The van der Waals surface area contributed by atoms with Crippen LogP contribution in [0.5, 0.6) is 0 Å². The van der Waals surface area contributed by atoms with Crippen LogP contribution in [-0.4, -0.2) is 0 Å². The van der Waals surface area contributed by atoms with Gasteiger partial charge in [-0.3, -0.25) is 0 Å². The number of anilines is 1.